The molecule has 12 nitrogen and oxygen atoms in total. The van der Waals surface area contributed by atoms with Gasteiger partial charge in [-0.1, -0.05) is 40.5 Å². The summed E-state index contributed by atoms with van der Waals surface area (Å²) in [5, 5.41) is 25.9. The second-order valence-corrected chi connectivity index (χ2v) is 8.82. The van der Waals surface area contributed by atoms with E-state index in [9.17, 15) is 29.1 Å². The lowest BCUT2D eigenvalue weighted by molar-refractivity contribution is -0.144. The van der Waals surface area contributed by atoms with Gasteiger partial charge < -0.3 is 37.6 Å². The number of hydrogen-bond donors (Lipinski definition) is 7. The molecule has 0 aliphatic heterocycles. The summed E-state index contributed by atoms with van der Waals surface area (Å²) < 4.78 is 0. The predicted molar refractivity (Wildman–Crippen MR) is 125 cm³/mol. The van der Waals surface area contributed by atoms with Crippen molar-refractivity contribution in [2.24, 2.45) is 23.3 Å². The minimum absolute atomic E-state index is 0.209. The van der Waals surface area contributed by atoms with Crippen molar-refractivity contribution in [2.75, 3.05) is 6.54 Å². The summed E-state index contributed by atoms with van der Waals surface area (Å²) >= 11 is 0. The number of carboxylic acids is 2. The second-order valence-electron chi connectivity index (χ2n) is 8.82. The fraction of sp³-hybridized carbons (Fsp3) is 0.773. The summed E-state index contributed by atoms with van der Waals surface area (Å²) in [6.07, 6.45) is 1.56. The number of rotatable bonds is 17. The Balaban J connectivity index is 5.45. The van der Waals surface area contributed by atoms with Crippen LogP contribution >= 0.6 is 0 Å². The van der Waals surface area contributed by atoms with Crippen LogP contribution in [0.25, 0.3) is 0 Å². The minimum atomic E-state index is -1.23. The first-order valence-electron chi connectivity index (χ1n) is 11.7. The molecule has 0 saturated carbocycles. The highest BCUT2D eigenvalue weighted by atomic mass is 16.4. The zero-order valence-corrected chi connectivity index (χ0v) is 20.5. The monoisotopic (exact) mass is 487 g/mol. The molecule has 0 saturated heterocycles. The smallest absolute Gasteiger partial charge is 0.326 e. The lowest BCUT2D eigenvalue weighted by atomic mass is 9.97. The molecule has 0 aromatic rings. The van der Waals surface area contributed by atoms with Gasteiger partial charge in [-0.2, -0.15) is 0 Å². The third-order valence-corrected chi connectivity index (χ3v) is 5.61. The number of amides is 3. The van der Waals surface area contributed by atoms with Gasteiger partial charge in [-0.15, -0.1) is 0 Å². The number of aliphatic carboxylic acids is 2. The fourth-order valence-electron chi connectivity index (χ4n) is 3.17. The molecule has 34 heavy (non-hydrogen) atoms. The van der Waals surface area contributed by atoms with Crippen LogP contribution in [0, 0.1) is 11.8 Å². The number of carboxylic acid groups (broad SMARTS) is 2. The Morgan fingerprint density at radius 2 is 1.41 bits per heavy atom. The maximum absolute atomic E-state index is 12.9. The molecule has 5 atom stereocenters. The van der Waals surface area contributed by atoms with Crippen LogP contribution in [0.2, 0.25) is 0 Å². The highest BCUT2D eigenvalue weighted by Gasteiger charge is 2.33. The van der Waals surface area contributed by atoms with E-state index in [1.807, 2.05) is 0 Å². The fourth-order valence-corrected chi connectivity index (χ4v) is 3.17. The maximum atomic E-state index is 12.9. The Labute approximate surface area is 200 Å². The zero-order chi connectivity index (χ0) is 26.4. The van der Waals surface area contributed by atoms with Gasteiger partial charge in [0.25, 0.3) is 0 Å². The standard InChI is InChI=1S/C22H41N5O7/c1-5-13(4)18(22(33)34)27-21(32)17(12(2)3)26-20(31)15(9-10-16(28)29)25-19(30)14(24)8-6-7-11-23/h12-15,17-18H,5-11,23-24H2,1-4H3,(H,25,30)(H,26,31)(H,27,32)(H,28,29)(H,33,34). The van der Waals surface area contributed by atoms with Crippen molar-refractivity contribution < 1.29 is 34.2 Å². The van der Waals surface area contributed by atoms with Crippen molar-refractivity contribution in [2.45, 2.75) is 90.4 Å². The molecule has 0 spiro atoms. The van der Waals surface area contributed by atoms with Crippen LogP contribution < -0.4 is 27.4 Å². The first-order chi connectivity index (χ1) is 15.8. The van der Waals surface area contributed by atoms with Gasteiger partial charge in [0.15, 0.2) is 0 Å². The van der Waals surface area contributed by atoms with Crippen molar-refractivity contribution in [3.05, 3.63) is 0 Å². The van der Waals surface area contributed by atoms with Crippen LogP contribution in [0.5, 0.6) is 0 Å². The molecule has 3 amide bonds. The summed E-state index contributed by atoms with van der Waals surface area (Å²) in [4.78, 5) is 60.8. The zero-order valence-electron chi connectivity index (χ0n) is 20.5. The van der Waals surface area contributed by atoms with Crippen LogP contribution in [-0.2, 0) is 24.0 Å². The number of unbranched alkanes of at least 4 members (excludes halogenated alkanes) is 1. The number of carbonyl (C=O) groups is 5. The van der Waals surface area contributed by atoms with E-state index in [1.165, 1.54) is 0 Å². The van der Waals surface area contributed by atoms with Gasteiger partial charge >= 0.3 is 11.9 Å². The molecular formula is C22H41N5O7. The molecule has 0 aliphatic rings. The number of nitrogens with one attached hydrogen (secondary N) is 3. The second kappa shape index (κ2) is 16.0. The van der Waals surface area contributed by atoms with Crippen molar-refractivity contribution in [1.29, 1.82) is 0 Å². The number of carbonyl (C=O) groups excluding carboxylic acids is 3. The van der Waals surface area contributed by atoms with E-state index < -0.39 is 66.2 Å². The van der Waals surface area contributed by atoms with Crippen molar-refractivity contribution in [3.63, 3.8) is 0 Å². The predicted octanol–water partition coefficient (Wildman–Crippen LogP) is -0.451. The Bertz CT molecular complexity index is 701. The molecular weight excluding hydrogens is 446 g/mol. The van der Waals surface area contributed by atoms with Gasteiger partial charge in [0.2, 0.25) is 17.7 Å². The number of hydrogen-bond acceptors (Lipinski definition) is 7. The van der Waals surface area contributed by atoms with Crippen molar-refractivity contribution in [3.8, 4) is 0 Å². The van der Waals surface area contributed by atoms with Gasteiger partial charge in [0.1, 0.15) is 18.1 Å². The van der Waals surface area contributed by atoms with Crippen molar-refractivity contribution in [1.82, 2.24) is 16.0 Å². The molecule has 0 rings (SSSR count). The Kier molecular flexibility index (Phi) is 14.7. The minimum Gasteiger partial charge on any atom is -0.481 e. The van der Waals surface area contributed by atoms with E-state index in [1.54, 1.807) is 27.7 Å². The first-order valence-corrected chi connectivity index (χ1v) is 11.7. The molecule has 196 valence electrons. The van der Waals surface area contributed by atoms with Crippen LogP contribution in [0.3, 0.4) is 0 Å². The quantitative estimate of drug-likeness (QED) is 0.132. The molecule has 0 bridgehead atoms. The third kappa shape index (κ3) is 11.4. The largest absolute Gasteiger partial charge is 0.481 e. The average Bonchev–Trinajstić information content (AvgIpc) is 2.76. The van der Waals surface area contributed by atoms with E-state index in [-0.39, 0.29) is 12.3 Å². The highest BCUT2D eigenvalue weighted by Crippen LogP contribution is 2.11. The third-order valence-electron chi connectivity index (χ3n) is 5.61. The Hall–Kier alpha value is -2.73. The average molecular weight is 488 g/mol. The van der Waals surface area contributed by atoms with Crippen LogP contribution in [0.1, 0.15) is 66.2 Å². The lowest BCUT2D eigenvalue weighted by Gasteiger charge is -2.28. The number of nitrogens with two attached hydrogens (primary N) is 2. The summed E-state index contributed by atoms with van der Waals surface area (Å²) in [6, 6.07) is -4.36. The first kappa shape index (κ1) is 31.3. The molecule has 0 fully saturated rings. The SMILES string of the molecule is CCC(C)C(NC(=O)C(NC(=O)C(CCC(=O)O)NC(=O)C(N)CCCCN)C(C)C)C(=O)O. The Morgan fingerprint density at radius 1 is 0.824 bits per heavy atom. The Morgan fingerprint density at radius 3 is 1.88 bits per heavy atom. The molecule has 0 radical (unpaired) electrons. The molecule has 0 aromatic heterocycles. The van der Waals surface area contributed by atoms with E-state index in [0.717, 1.165) is 0 Å². The van der Waals surface area contributed by atoms with E-state index in [2.05, 4.69) is 16.0 Å². The summed E-state index contributed by atoms with van der Waals surface area (Å²) in [7, 11) is 0. The lowest BCUT2D eigenvalue weighted by Crippen LogP contribution is -2.59. The van der Waals surface area contributed by atoms with Crippen LogP contribution in [0.4, 0.5) is 0 Å². The van der Waals surface area contributed by atoms with Gasteiger partial charge in [0, 0.05) is 6.42 Å². The maximum Gasteiger partial charge on any atom is 0.326 e. The summed E-state index contributed by atoms with van der Waals surface area (Å²) in [6.45, 7) is 7.28. The molecule has 9 N–H and O–H groups in total. The topological polar surface area (TPSA) is 214 Å². The van der Waals surface area contributed by atoms with Gasteiger partial charge in [-0.3, -0.25) is 19.2 Å². The molecule has 0 aliphatic carbocycles. The summed E-state index contributed by atoms with van der Waals surface area (Å²) in [5.41, 5.74) is 11.3. The molecule has 5 unspecified atom stereocenters. The van der Waals surface area contributed by atoms with E-state index in [0.29, 0.717) is 32.2 Å². The van der Waals surface area contributed by atoms with E-state index >= 15 is 0 Å². The van der Waals surface area contributed by atoms with Gasteiger partial charge in [-0.25, -0.2) is 4.79 Å². The summed E-state index contributed by atoms with van der Waals surface area (Å²) in [5.74, 6) is -5.15. The normalized spacial score (nSPS) is 15.5. The molecule has 0 aromatic carbocycles. The van der Waals surface area contributed by atoms with Crippen molar-refractivity contribution >= 4 is 29.7 Å². The highest BCUT2D eigenvalue weighted by molar-refractivity contribution is 5.94. The van der Waals surface area contributed by atoms with Crippen LogP contribution in [-0.4, -0.2) is 70.6 Å². The molecule has 0 heterocycles. The van der Waals surface area contributed by atoms with E-state index in [4.69, 9.17) is 16.6 Å². The van der Waals surface area contributed by atoms with Gasteiger partial charge in [-0.05, 0) is 37.6 Å². The van der Waals surface area contributed by atoms with Gasteiger partial charge in [0.05, 0.1) is 6.04 Å². The molecule has 12 heteroatoms. The van der Waals surface area contributed by atoms with Crippen LogP contribution in [0.15, 0.2) is 0 Å².